The summed E-state index contributed by atoms with van der Waals surface area (Å²) < 4.78 is 13.1. The van der Waals surface area contributed by atoms with Crippen LogP contribution in [0.2, 0.25) is 0 Å². The molecule has 116 valence electrons. The van der Waals surface area contributed by atoms with Gasteiger partial charge in [-0.3, -0.25) is 9.69 Å². The summed E-state index contributed by atoms with van der Waals surface area (Å²) in [4.78, 5) is 13.9. The van der Waals surface area contributed by atoms with Crippen molar-refractivity contribution >= 4 is 5.91 Å². The van der Waals surface area contributed by atoms with Crippen LogP contribution in [0.25, 0.3) is 0 Å². The first kappa shape index (κ1) is 16.0. The van der Waals surface area contributed by atoms with E-state index in [1.165, 1.54) is 12.1 Å². The molecule has 0 bridgehead atoms. The van der Waals surface area contributed by atoms with Gasteiger partial charge in [0.1, 0.15) is 5.82 Å². The van der Waals surface area contributed by atoms with Crippen LogP contribution in [-0.4, -0.2) is 35.5 Å². The molecule has 1 saturated heterocycles. The Morgan fingerprint density at radius 3 is 2.62 bits per heavy atom. The average Bonchev–Trinajstić information content (AvgIpc) is 2.42. The first-order valence-corrected chi connectivity index (χ1v) is 7.74. The van der Waals surface area contributed by atoms with Crippen molar-refractivity contribution in [3.63, 3.8) is 0 Å². The van der Waals surface area contributed by atoms with E-state index in [1.807, 2.05) is 12.1 Å². The number of nitrogens with zero attached hydrogens (tertiary/aromatic N) is 1. The predicted octanol–water partition coefficient (Wildman–Crippen LogP) is 2.75. The van der Waals surface area contributed by atoms with Gasteiger partial charge in [0.25, 0.3) is 0 Å². The van der Waals surface area contributed by atoms with Gasteiger partial charge in [-0.2, -0.15) is 0 Å². The molecular weight excluding hydrogens is 267 g/mol. The Labute approximate surface area is 126 Å². The van der Waals surface area contributed by atoms with Crippen LogP contribution in [-0.2, 0) is 11.2 Å². The Kier molecular flexibility index (Phi) is 5.34. The maximum Gasteiger partial charge on any atom is 0.217 e. The molecule has 1 heterocycles. The molecule has 1 aromatic carbocycles. The molecule has 21 heavy (non-hydrogen) atoms. The first-order chi connectivity index (χ1) is 9.97. The Morgan fingerprint density at radius 1 is 1.38 bits per heavy atom. The van der Waals surface area contributed by atoms with Gasteiger partial charge in [0.2, 0.25) is 5.91 Å². The highest BCUT2D eigenvalue weighted by atomic mass is 19.1. The number of carbonyl (C=O) groups excluding carboxylic acids is 1. The lowest BCUT2D eigenvalue weighted by Crippen LogP contribution is -2.57. The second kappa shape index (κ2) is 7.03. The van der Waals surface area contributed by atoms with E-state index >= 15 is 0 Å². The van der Waals surface area contributed by atoms with E-state index in [9.17, 15) is 9.18 Å². The van der Waals surface area contributed by atoms with E-state index in [0.717, 1.165) is 31.4 Å². The Morgan fingerprint density at radius 2 is 2.05 bits per heavy atom. The van der Waals surface area contributed by atoms with Crippen LogP contribution in [0.1, 0.15) is 39.2 Å². The second-order valence-corrected chi connectivity index (χ2v) is 6.18. The normalized spacial score (nSPS) is 23.3. The van der Waals surface area contributed by atoms with Gasteiger partial charge in [-0.05, 0) is 57.4 Å². The molecule has 1 N–H and O–H groups in total. The maximum absolute atomic E-state index is 13.1. The van der Waals surface area contributed by atoms with Crippen molar-refractivity contribution in [2.45, 2.75) is 58.2 Å². The smallest absolute Gasteiger partial charge is 0.217 e. The van der Waals surface area contributed by atoms with Gasteiger partial charge >= 0.3 is 0 Å². The minimum absolute atomic E-state index is 0.0229. The number of nitrogens with one attached hydrogen (secondary N) is 1. The summed E-state index contributed by atoms with van der Waals surface area (Å²) in [6.07, 6.45) is 2.95. The number of hydrogen-bond acceptors (Lipinski definition) is 2. The molecule has 3 nitrogen and oxygen atoms in total. The number of benzene rings is 1. The number of likely N-dealkylation sites (tertiary alicyclic amines) is 1. The van der Waals surface area contributed by atoms with Crippen molar-refractivity contribution < 1.29 is 9.18 Å². The highest BCUT2D eigenvalue weighted by molar-refractivity contribution is 5.73. The number of halogens is 1. The SMILES string of the molecule is CC(=O)N[C@H]1CCCN(C(C)C)[C@H]1Cc1ccc(F)cc1. The van der Waals surface area contributed by atoms with Gasteiger partial charge in [0.05, 0.1) is 0 Å². The molecule has 4 heteroatoms. The zero-order valence-corrected chi connectivity index (χ0v) is 13.1. The van der Waals surface area contributed by atoms with Crippen LogP contribution in [0.3, 0.4) is 0 Å². The fourth-order valence-electron chi connectivity index (χ4n) is 3.28. The Bertz CT molecular complexity index is 472. The molecule has 1 aromatic rings. The van der Waals surface area contributed by atoms with E-state index in [4.69, 9.17) is 0 Å². The summed E-state index contributed by atoms with van der Waals surface area (Å²) in [5.74, 6) is -0.184. The summed E-state index contributed by atoms with van der Waals surface area (Å²) in [5.41, 5.74) is 1.12. The predicted molar refractivity (Wildman–Crippen MR) is 82.6 cm³/mol. The number of piperidine rings is 1. The Balaban J connectivity index is 2.17. The largest absolute Gasteiger partial charge is 0.352 e. The van der Waals surface area contributed by atoms with Crippen molar-refractivity contribution in [1.82, 2.24) is 10.2 Å². The third-order valence-electron chi connectivity index (χ3n) is 4.23. The molecule has 0 aromatic heterocycles. The van der Waals surface area contributed by atoms with Crippen LogP contribution < -0.4 is 5.32 Å². The first-order valence-electron chi connectivity index (χ1n) is 7.74. The van der Waals surface area contributed by atoms with Crippen LogP contribution in [0.5, 0.6) is 0 Å². The van der Waals surface area contributed by atoms with Crippen molar-refractivity contribution in [1.29, 1.82) is 0 Å². The summed E-state index contributed by atoms with van der Waals surface area (Å²) >= 11 is 0. The lowest BCUT2D eigenvalue weighted by atomic mass is 9.89. The van der Waals surface area contributed by atoms with Crippen molar-refractivity contribution in [3.8, 4) is 0 Å². The van der Waals surface area contributed by atoms with Crippen LogP contribution in [0.4, 0.5) is 4.39 Å². The number of hydrogen-bond donors (Lipinski definition) is 1. The lowest BCUT2D eigenvalue weighted by molar-refractivity contribution is -0.120. The third-order valence-corrected chi connectivity index (χ3v) is 4.23. The van der Waals surface area contributed by atoms with E-state index in [-0.39, 0.29) is 23.8 Å². The Hall–Kier alpha value is -1.42. The van der Waals surface area contributed by atoms with E-state index < -0.39 is 0 Å². The highest BCUT2D eigenvalue weighted by Gasteiger charge is 2.33. The lowest BCUT2D eigenvalue weighted by Gasteiger charge is -2.44. The van der Waals surface area contributed by atoms with Gasteiger partial charge in [0, 0.05) is 25.0 Å². The average molecular weight is 292 g/mol. The minimum Gasteiger partial charge on any atom is -0.352 e. The number of rotatable bonds is 4. The van der Waals surface area contributed by atoms with Gasteiger partial charge in [-0.1, -0.05) is 12.1 Å². The van der Waals surface area contributed by atoms with E-state index in [1.54, 1.807) is 6.92 Å². The molecule has 0 spiro atoms. The van der Waals surface area contributed by atoms with Gasteiger partial charge < -0.3 is 5.32 Å². The number of carbonyl (C=O) groups is 1. The van der Waals surface area contributed by atoms with Crippen LogP contribution in [0.15, 0.2) is 24.3 Å². The highest BCUT2D eigenvalue weighted by Crippen LogP contribution is 2.23. The fraction of sp³-hybridized carbons (Fsp3) is 0.588. The van der Waals surface area contributed by atoms with E-state index in [0.29, 0.717) is 6.04 Å². The van der Waals surface area contributed by atoms with Crippen molar-refractivity contribution in [2.24, 2.45) is 0 Å². The van der Waals surface area contributed by atoms with Crippen molar-refractivity contribution in [2.75, 3.05) is 6.54 Å². The molecule has 0 radical (unpaired) electrons. The van der Waals surface area contributed by atoms with Gasteiger partial charge in [0.15, 0.2) is 0 Å². The maximum atomic E-state index is 13.1. The molecule has 2 atom stereocenters. The molecular formula is C17H25FN2O. The molecule has 0 unspecified atom stereocenters. The quantitative estimate of drug-likeness (QED) is 0.925. The standard InChI is InChI=1S/C17H25FN2O/c1-12(2)20-10-4-5-16(19-13(3)21)17(20)11-14-6-8-15(18)9-7-14/h6-9,12,16-17H,4-5,10-11H2,1-3H3,(H,19,21)/t16-,17-/m0/s1. The summed E-state index contributed by atoms with van der Waals surface area (Å²) in [7, 11) is 0. The third kappa shape index (κ3) is 4.27. The molecule has 1 aliphatic heterocycles. The summed E-state index contributed by atoms with van der Waals surface area (Å²) in [5, 5.41) is 3.09. The molecule has 1 aliphatic rings. The van der Waals surface area contributed by atoms with Gasteiger partial charge in [-0.25, -0.2) is 4.39 Å². The van der Waals surface area contributed by atoms with E-state index in [2.05, 4.69) is 24.1 Å². The molecule has 0 saturated carbocycles. The molecule has 1 amide bonds. The second-order valence-electron chi connectivity index (χ2n) is 6.18. The van der Waals surface area contributed by atoms with Crippen LogP contribution in [0, 0.1) is 5.82 Å². The molecule has 0 aliphatic carbocycles. The summed E-state index contributed by atoms with van der Waals surface area (Å²) in [6.45, 7) is 7.00. The number of amides is 1. The summed E-state index contributed by atoms with van der Waals surface area (Å²) in [6, 6.07) is 7.57. The topological polar surface area (TPSA) is 32.3 Å². The fourth-order valence-corrected chi connectivity index (χ4v) is 3.28. The molecule has 2 rings (SSSR count). The van der Waals surface area contributed by atoms with Crippen LogP contribution >= 0.6 is 0 Å². The van der Waals surface area contributed by atoms with Crippen molar-refractivity contribution in [3.05, 3.63) is 35.6 Å². The van der Waals surface area contributed by atoms with Gasteiger partial charge in [-0.15, -0.1) is 0 Å². The zero-order valence-electron chi connectivity index (χ0n) is 13.1. The minimum atomic E-state index is -0.207. The monoisotopic (exact) mass is 292 g/mol. The zero-order chi connectivity index (χ0) is 15.4. The molecule has 1 fully saturated rings.